The first kappa shape index (κ1) is 16.5. The van der Waals surface area contributed by atoms with Gasteiger partial charge in [-0.25, -0.2) is 9.67 Å². The first-order valence-electron chi connectivity index (χ1n) is 7.10. The highest BCUT2D eigenvalue weighted by molar-refractivity contribution is 6.32. The van der Waals surface area contributed by atoms with Crippen molar-refractivity contribution in [3.63, 3.8) is 0 Å². The molecule has 0 saturated heterocycles. The Balaban J connectivity index is 2.13. The summed E-state index contributed by atoms with van der Waals surface area (Å²) >= 11 is 6.14. The van der Waals surface area contributed by atoms with Gasteiger partial charge in [0.15, 0.2) is 0 Å². The molecule has 0 aliphatic carbocycles. The van der Waals surface area contributed by atoms with E-state index in [1.165, 1.54) is 0 Å². The van der Waals surface area contributed by atoms with Crippen molar-refractivity contribution in [2.75, 3.05) is 13.2 Å². The maximum atomic E-state index is 12.1. The molecule has 6 nitrogen and oxygen atoms in total. The maximum Gasteiger partial charge on any atom is 0.290 e. The van der Waals surface area contributed by atoms with Crippen molar-refractivity contribution in [3.8, 4) is 5.69 Å². The summed E-state index contributed by atoms with van der Waals surface area (Å²) in [5.41, 5.74) is 0.682. The van der Waals surface area contributed by atoms with Gasteiger partial charge in [-0.15, -0.1) is 5.10 Å². The molecule has 0 spiro atoms. The molecule has 2 N–H and O–H groups in total. The number of carbonyl (C=O) groups is 1. The lowest BCUT2D eigenvalue weighted by molar-refractivity contribution is 0.0935. The van der Waals surface area contributed by atoms with Gasteiger partial charge >= 0.3 is 0 Å². The molecule has 2 rings (SSSR count). The lowest BCUT2D eigenvalue weighted by Gasteiger charge is -2.09. The number of rotatable bonds is 6. The van der Waals surface area contributed by atoms with Crippen LogP contribution < -0.4 is 5.32 Å². The van der Waals surface area contributed by atoms with Crippen LogP contribution in [0.25, 0.3) is 5.69 Å². The van der Waals surface area contributed by atoms with Gasteiger partial charge in [-0.2, -0.15) is 0 Å². The number of aliphatic hydroxyl groups is 1. The number of amides is 1. The number of aliphatic hydroxyl groups excluding tert-OH is 1. The Labute approximate surface area is 134 Å². The van der Waals surface area contributed by atoms with Crippen LogP contribution in [0.1, 0.15) is 29.8 Å². The second kappa shape index (κ2) is 7.38. The van der Waals surface area contributed by atoms with Gasteiger partial charge in [0, 0.05) is 13.2 Å². The molecule has 0 bridgehead atoms. The van der Waals surface area contributed by atoms with Crippen molar-refractivity contribution >= 4 is 17.5 Å². The van der Waals surface area contributed by atoms with E-state index < -0.39 is 0 Å². The van der Waals surface area contributed by atoms with Gasteiger partial charge in [0.1, 0.15) is 5.82 Å². The van der Waals surface area contributed by atoms with Crippen LogP contribution in [-0.2, 0) is 0 Å². The number of hydrogen-bond acceptors (Lipinski definition) is 4. The summed E-state index contributed by atoms with van der Waals surface area (Å²) in [5, 5.41) is 16.4. The molecule has 7 heteroatoms. The van der Waals surface area contributed by atoms with Crippen LogP contribution in [0.4, 0.5) is 0 Å². The predicted octanol–water partition coefficient (Wildman–Crippen LogP) is 1.98. The summed E-state index contributed by atoms with van der Waals surface area (Å²) in [6, 6.07) is 7.25. The van der Waals surface area contributed by atoms with E-state index in [0.717, 1.165) is 0 Å². The van der Waals surface area contributed by atoms with Crippen LogP contribution in [0.5, 0.6) is 0 Å². The number of benzene rings is 1. The molecule has 0 radical (unpaired) electrons. The van der Waals surface area contributed by atoms with Gasteiger partial charge < -0.3 is 10.4 Å². The number of carbonyl (C=O) groups excluding carboxylic acids is 1. The summed E-state index contributed by atoms with van der Waals surface area (Å²) in [5.74, 6) is 0.551. The van der Waals surface area contributed by atoms with E-state index in [-0.39, 0.29) is 24.3 Å². The van der Waals surface area contributed by atoms with Crippen molar-refractivity contribution < 1.29 is 9.90 Å². The van der Waals surface area contributed by atoms with Crippen molar-refractivity contribution in [1.82, 2.24) is 20.1 Å². The molecule has 0 saturated carbocycles. The third-order valence-corrected chi connectivity index (χ3v) is 3.61. The fraction of sp³-hybridized carbons (Fsp3) is 0.400. The van der Waals surface area contributed by atoms with E-state index in [4.69, 9.17) is 16.7 Å². The van der Waals surface area contributed by atoms with Crippen molar-refractivity contribution in [2.45, 2.75) is 20.3 Å². The molecule has 2 aromatic rings. The molecule has 1 heterocycles. The van der Waals surface area contributed by atoms with Gasteiger partial charge in [-0.1, -0.05) is 30.7 Å². The highest BCUT2D eigenvalue weighted by Gasteiger charge is 2.16. The van der Waals surface area contributed by atoms with Crippen molar-refractivity contribution in [3.05, 3.63) is 40.9 Å². The normalized spacial score (nSPS) is 12.2. The minimum atomic E-state index is -0.335. The van der Waals surface area contributed by atoms with Crippen LogP contribution in [0.2, 0.25) is 5.02 Å². The van der Waals surface area contributed by atoms with Gasteiger partial charge in [0.2, 0.25) is 5.82 Å². The molecule has 0 aliphatic heterocycles. The minimum Gasteiger partial charge on any atom is -0.396 e. The Bertz CT molecular complexity index is 657. The molecule has 118 valence electrons. The van der Waals surface area contributed by atoms with E-state index >= 15 is 0 Å². The zero-order valence-corrected chi connectivity index (χ0v) is 13.3. The number of para-hydroxylation sites is 1. The Morgan fingerprint density at radius 3 is 2.86 bits per heavy atom. The minimum absolute atomic E-state index is 0.105. The monoisotopic (exact) mass is 322 g/mol. The van der Waals surface area contributed by atoms with Gasteiger partial charge in [-0.3, -0.25) is 4.79 Å². The standard InChI is InChI=1S/C15H19ClN4O2/c1-10(7-8-21)9-17-15(22)14-18-11(2)20(19-14)13-6-4-3-5-12(13)16/h3-6,10,21H,7-9H2,1-2H3,(H,17,22). The number of aromatic nitrogens is 3. The summed E-state index contributed by atoms with van der Waals surface area (Å²) in [6.07, 6.45) is 0.640. The first-order valence-corrected chi connectivity index (χ1v) is 7.48. The van der Waals surface area contributed by atoms with Crippen molar-refractivity contribution in [1.29, 1.82) is 0 Å². The third kappa shape index (κ3) is 3.84. The van der Waals surface area contributed by atoms with Crippen molar-refractivity contribution in [2.24, 2.45) is 5.92 Å². The molecular weight excluding hydrogens is 304 g/mol. The highest BCUT2D eigenvalue weighted by atomic mass is 35.5. The Morgan fingerprint density at radius 2 is 2.18 bits per heavy atom. The fourth-order valence-corrected chi connectivity index (χ4v) is 2.22. The average molecular weight is 323 g/mol. The lowest BCUT2D eigenvalue weighted by atomic mass is 10.1. The Hall–Kier alpha value is -1.92. The largest absolute Gasteiger partial charge is 0.396 e. The number of nitrogens with zero attached hydrogens (tertiary/aromatic N) is 3. The van der Waals surface area contributed by atoms with E-state index in [2.05, 4.69) is 15.4 Å². The molecule has 1 unspecified atom stereocenters. The molecule has 22 heavy (non-hydrogen) atoms. The van der Waals surface area contributed by atoms with E-state index in [1.54, 1.807) is 17.7 Å². The second-order valence-corrected chi connectivity index (χ2v) is 5.58. The lowest BCUT2D eigenvalue weighted by Crippen LogP contribution is -2.29. The summed E-state index contributed by atoms with van der Waals surface area (Å²) in [6.45, 7) is 4.30. The molecular formula is C15H19ClN4O2. The second-order valence-electron chi connectivity index (χ2n) is 5.17. The molecule has 0 aliphatic rings. The first-order chi connectivity index (χ1) is 10.5. The number of nitrogens with one attached hydrogen (secondary N) is 1. The molecule has 1 aromatic heterocycles. The number of halogens is 1. The van der Waals surface area contributed by atoms with Crippen LogP contribution in [0.15, 0.2) is 24.3 Å². The number of aryl methyl sites for hydroxylation is 1. The topological polar surface area (TPSA) is 80.0 Å². The SMILES string of the molecule is Cc1nc(C(=O)NCC(C)CCO)nn1-c1ccccc1Cl. The summed E-state index contributed by atoms with van der Waals surface area (Å²) in [4.78, 5) is 16.3. The van der Waals surface area contributed by atoms with Crippen LogP contribution >= 0.6 is 11.6 Å². The third-order valence-electron chi connectivity index (χ3n) is 3.29. The zero-order chi connectivity index (χ0) is 16.1. The average Bonchev–Trinajstić information content (AvgIpc) is 2.87. The molecule has 1 amide bonds. The van der Waals surface area contributed by atoms with Crippen LogP contribution in [-0.4, -0.2) is 38.9 Å². The number of hydrogen-bond donors (Lipinski definition) is 2. The summed E-state index contributed by atoms with van der Waals surface area (Å²) in [7, 11) is 0. The zero-order valence-electron chi connectivity index (χ0n) is 12.6. The van der Waals surface area contributed by atoms with E-state index in [0.29, 0.717) is 29.5 Å². The highest BCUT2D eigenvalue weighted by Crippen LogP contribution is 2.20. The smallest absolute Gasteiger partial charge is 0.290 e. The van der Waals surface area contributed by atoms with Crippen LogP contribution in [0, 0.1) is 12.8 Å². The Kier molecular flexibility index (Phi) is 5.51. The molecule has 1 aromatic carbocycles. The van der Waals surface area contributed by atoms with Crippen LogP contribution in [0.3, 0.4) is 0 Å². The molecule has 0 fully saturated rings. The van der Waals surface area contributed by atoms with E-state index in [9.17, 15) is 4.79 Å². The Morgan fingerprint density at radius 1 is 1.45 bits per heavy atom. The molecule has 1 atom stereocenters. The van der Waals surface area contributed by atoms with Gasteiger partial charge in [0.05, 0.1) is 10.7 Å². The van der Waals surface area contributed by atoms with Gasteiger partial charge in [-0.05, 0) is 31.4 Å². The van der Waals surface area contributed by atoms with Gasteiger partial charge in [0.25, 0.3) is 5.91 Å². The predicted molar refractivity (Wildman–Crippen MR) is 84.3 cm³/mol. The van der Waals surface area contributed by atoms with E-state index in [1.807, 2.05) is 25.1 Å². The maximum absolute atomic E-state index is 12.1. The quantitative estimate of drug-likeness (QED) is 0.852. The fourth-order valence-electron chi connectivity index (χ4n) is 2.01. The summed E-state index contributed by atoms with van der Waals surface area (Å²) < 4.78 is 1.55.